The van der Waals surface area contributed by atoms with Gasteiger partial charge in [-0.05, 0) is 29.5 Å². The predicted molar refractivity (Wildman–Crippen MR) is 73.5 cm³/mol. The van der Waals surface area contributed by atoms with Crippen molar-refractivity contribution in [3.05, 3.63) is 29.8 Å². The highest BCUT2D eigenvalue weighted by Crippen LogP contribution is 2.22. The summed E-state index contributed by atoms with van der Waals surface area (Å²) in [4.78, 5) is 0. The molecule has 17 heavy (non-hydrogen) atoms. The van der Waals surface area contributed by atoms with Crippen molar-refractivity contribution >= 4 is 11.6 Å². The maximum absolute atomic E-state index is 9.21. The monoisotopic (exact) mass is 255 g/mol. The van der Waals surface area contributed by atoms with Gasteiger partial charge in [0.05, 0.1) is 0 Å². The fourth-order valence-corrected chi connectivity index (χ4v) is 2.02. The number of hydrogen-bond donors (Lipinski definition) is 2. The molecule has 0 aliphatic rings. The highest BCUT2D eigenvalue weighted by molar-refractivity contribution is 6.17. The standard InChI is InChI=1S/C14H22ClNO/c1-14(2,3)13(8-9-15)16-10-11-4-6-12(17)7-5-11/h4-7,13,16-17H,8-10H2,1-3H3. The molecule has 2 N–H and O–H groups in total. The molecule has 1 rings (SSSR count). The quantitative estimate of drug-likeness (QED) is 0.789. The molecule has 0 fully saturated rings. The van der Waals surface area contributed by atoms with Crippen LogP contribution in [0.2, 0.25) is 0 Å². The summed E-state index contributed by atoms with van der Waals surface area (Å²) in [6.07, 6.45) is 0.961. The van der Waals surface area contributed by atoms with Crippen molar-refractivity contribution in [2.24, 2.45) is 5.41 Å². The molecular formula is C14H22ClNO. The maximum Gasteiger partial charge on any atom is 0.115 e. The van der Waals surface area contributed by atoms with Crippen molar-refractivity contribution in [2.45, 2.75) is 39.8 Å². The molecule has 0 amide bonds. The summed E-state index contributed by atoms with van der Waals surface area (Å²) >= 11 is 5.83. The molecule has 0 aromatic heterocycles. The number of benzene rings is 1. The van der Waals surface area contributed by atoms with E-state index in [9.17, 15) is 5.11 Å². The van der Waals surface area contributed by atoms with E-state index in [4.69, 9.17) is 11.6 Å². The zero-order valence-electron chi connectivity index (χ0n) is 10.8. The first kappa shape index (κ1) is 14.3. The lowest BCUT2D eigenvalue weighted by Crippen LogP contribution is -2.40. The van der Waals surface area contributed by atoms with Crippen LogP contribution in [0.4, 0.5) is 0 Å². The molecule has 1 aromatic carbocycles. The second-order valence-corrected chi connectivity index (χ2v) is 5.82. The molecule has 0 saturated heterocycles. The molecule has 1 unspecified atom stereocenters. The number of aromatic hydroxyl groups is 1. The van der Waals surface area contributed by atoms with Crippen LogP contribution in [-0.4, -0.2) is 17.0 Å². The highest BCUT2D eigenvalue weighted by atomic mass is 35.5. The first-order valence-corrected chi connectivity index (χ1v) is 6.54. The summed E-state index contributed by atoms with van der Waals surface area (Å²) in [6, 6.07) is 7.69. The van der Waals surface area contributed by atoms with Crippen LogP contribution in [0.15, 0.2) is 24.3 Å². The number of nitrogens with one attached hydrogen (secondary N) is 1. The molecule has 0 heterocycles. The normalized spacial score (nSPS) is 13.6. The SMILES string of the molecule is CC(C)(C)C(CCCl)NCc1ccc(O)cc1. The average molecular weight is 256 g/mol. The van der Waals surface area contributed by atoms with Gasteiger partial charge in [-0.3, -0.25) is 0 Å². The van der Waals surface area contributed by atoms with Crippen LogP contribution in [0, 0.1) is 5.41 Å². The number of phenolic OH excluding ortho intramolecular Hbond substituents is 1. The molecule has 3 heteroatoms. The fourth-order valence-electron chi connectivity index (χ4n) is 1.81. The fraction of sp³-hybridized carbons (Fsp3) is 0.571. The van der Waals surface area contributed by atoms with Gasteiger partial charge in [-0.25, -0.2) is 0 Å². The number of hydrogen-bond acceptors (Lipinski definition) is 2. The van der Waals surface area contributed by atoms with Gasteiger partial charge < -0.3 is 10.4 Å². The van der Waals surface area contributed by atoms with Gasteiger partial charge in [0.15, 0.2) is 0 Å². The molecule has 1 aromatic rings. The van der Waals surface area contributed by atoms with Crippen molar-refractivity contribution in [1.29, 1.82) is 0 Å². The van der Waals surface area contributed by atoms with Gasteiger partial charge in [0.1, 0.15) is 5.75 Å². The van der Waals surface area contributed by atoms with Crippen molar-refractivity contribution in [3.8, 4) is 5.75 Å². The molecular weight excluding hydrogens is 234 g/mol. The van der Waals surface area contributed by atoms with E-state index < -0.39 is 0 Å². The highest BCUT2D eigenvalue weighted by Gasteiger charge is 2.23. The first-order chi connectivity index (χ1) is 7.93. The molecule has 0 aliphatic heterocycles. The van der Waals surface area contributed by atoms with Gasteiger partial charge in [-0.2, -0.15) is 0 Å². The van der Waals surface area contributed by atoms with E-state index in [0.717, 1.165) is 13.0 Å². The van der Waals surface area contributed by atoms with Crippen LogP contribution in [-0.2, 0) is 6.54 Å². The van der Waals surface area contributed by atoms with Crippen molar-refractivity contribution < 1.29 is 5.11 Å². The maximum atomic E-state index is 9.21. The molecule has 0 saturated carbocycles. The van der Waals surface area contributed by atoms with Crippen LogP contribution in [0.3, 0.4) is 0 Å². The van der Waals surface area contributed by atoms with Gasteiger partial charge in [-0.15, -0.1) is 11.6 Å². The average Bonchev–Trinajstić information content (AvgIpc) is 2.25. The third-order valence-electron chi connectivity index (χ3n) is 2.93. The van der Waals surface area contributed by atoms with Gasteiger partial charge in [0.2, 0.25) is 0 Å². The summed E-state index contributed by atoms with van der Waals surface area (Å²) in [5.74, 6) is 0.978. The Bertz CT molecular complexity index is 329. The Morgan fingerprint density at radius 2 is 1.82 bits per heavy atom. The summed E-state index contributed by atoms with van der Waals surface area (Å²) in [5.41, 5.74) is 1.37. The number of phenols is 1. The number of alkyl halides is 1. The van der Waals surface area contributed by atoms with E-state index in [2.05, 4.69) is 26.1 Å². The second-order valence-electron chi connectivity index (χ2n) is 5.44. The zero-order valence-corrected chi connectivity index (χ0v) is 11.6. The van der Waals surface area contributed by atoms with E-state index in [1.54, 1.807) is 12.1 Å². The molecule has 1 atom stereocenters. The third kappa shape index (κ3) is 4.97. The van der Waals surface area contributed by atoms with Gasteiger partial charge in [-0.1, -0.05) is 32.9 Å². The van der Waals surface area contributed by atoms with E-state index in [1.807, 2.05) is 12.1 Å². The van der Waals surface area contributed by atoms with Crippen molar-refractivity contribution in [1.82, 2.24) is 5.32 Å². The van der Waals surface area contributed by atoms with Crippen LogP contribution in [0.25, 0.3) is 0 Å². The molecule has 0 aliphatic carbocycles. The summed E-state index contributed by atoms with van der Waals surface area (Å²) in [6.45, 7) is 7.45. The smallest absolute Gasteiger partial charge is 0.115 e. The Morgan fingerprint density at radius 1 is 1.24 bits per heavy atom. The van der Waals surface area contributed by atoms with Crippen LogP contribution >= 0.6 is 11.6 Å². The summed E-state index contributed by atoms with van der Waals surface area (Å²) < 4.78 is 0. The number of halogens is 1. The van der Waals surface area contributed by atoms with Crippen LogP contribution < -0.4 is 5.32 Å². The second kappa shape index (κ2) is 6.27. The predicted octanol–water partition coefficient (Wildman–Crippen LogP) is 3.53. The van der Waals surface area contributed by atoms with Crippen LogP contribution in [0.5, 0.6) is 5.75 Å². The largest absolute Gasteiger partial charge is 0.508 e. The molecule has 2 nitrogen and oxygen atoms in total. The molecule has 0 radical (unpaired) electrons. The lowest BCUT2D eigenvalue weighted by Gasteiger charge is -2.31. The minimum absolute atomic E-state index is 0.200. The van der Waals surface area contributed by atoms with E-state index in [-0.39, 0.29) is 5.41 Å². The molecule has 0 spiro atoms. The Labute approximate surface area is 109 Å². The zero-order chi connectivity index (χ0) is 12.9. The van der Waals surface area contributed by atoms with Crippen molar-refractivity contribution in [2.75, 3.05) is 5.88 Å². The minimum atomic E-state index is 0.200. The molecule has 0 bridgehead atoms. The van der Waals surface area contributed by atoms with Gasteiger partial charge in [0, 0.05) is 18.5 Å². The summed E-state index contributed by atoms with van der Waals surface area (Å²) in [7, 11) is 0. The first-order valence-electron chi connectivity index (χ1n) is 6.00. The van der Waals surface area contributed by atoms with E-state index >= 15 is 0 Å². The Morgan fingerprint density at radius 3 is 2.29 bits per heavy atom. The topological polar surface area (TPSA) is 32.3 Å². The minimum Gasteiger partial charge on any atom is -0.508 e. The van der Waals surface area contributed by atoms with Gasteiger partial charge >= 0.3 is 0 Å². The number of rotatable bonds is 5. The van der Waals surface area contributed by atoms with E-state index in [1.165, 1.54) is 5.56 Å². The van der Waals surface area contributed by atoms with Crippen LogP contribution in [0.1, 0.15) is 32.8 Å². The third-order valence-corrected chi connectivity index (χ3v) is 3.15. The Kier molecular flexibility index (Phi) is 5.29. The van der Waals surface area contributed by atoms with E-state index in [0.29, 0.717) is 17.7 Å². The lowest BCUT2D eigenvalue weighted by atomic mass is 9.85. The summed E-state index contributed by atoms with van der Waals surface area (Å²) in [5, 5.41) is 12.7. The van der Waals surface area contributed by atoms with Crippen molar-refractivity contribution in [3.63, 3.8) is 0 Å². The molecule has 96 valence electrons. The van der Waals surface area contributed by atoms with Gasteiger partial charge in [0.25, 0.3) is 0 Å². The Balaban J connectivity index is 2.54. The Hall–Kier alpha value is -0.730. The lowest BCUT2D eigenvalue weighted by molar-refractivity contribution is 0.260.